The highest BCUT2D eigenvalue weighted by atomic mass is 16.5. The lowest BCUT2D eigenvalue weighted by atomic mass is 10.2. The average Bonchev–Trinajstić information content (AvgIpc) is 2.59. The molecule has 1 aromatic carbocycles. The van der Waals surface area contributed by atoms with Gasteiger partial charge in [0.05, 0.1) is 18.8 Å². The summed E-state index contributed by atoms with van der Waals surface area (Å²) in [4.78, 5) is 0. The van der Waals surface area contributed by atoms with Crippen LogP contribution in [0.2, 0.25) is 0 Å². The Morgan fingerprint density at radius 3 is 3.25 bits per heavy atom. The Balaban J connectivity index is 2.67. The summed E-state index contributed by atoms with van der Waals surface area (Å²) >= 11 is 0. The summed E-state index contributed by atoms with van der Waals surface area (Å²) in [5.41, 5.74) is 0.550. The number of fused-ring (bicyclic) bond motifs is 1. The van der Waals surface area contributed by atoms with Gasteiger partial charge in [0.25, 0.3) is 0 Å². The number of aromatic nitrogens is 2. The van der Waals surface area contributed by atoms with Crippen molar-refractivity contribution < 1.29 is 8.85 Å². The minimum atomic E-state index is -2.26. The van der Waals surface area contributed by atoms with E-state index >= 15 is 0 Å². The molecule has 0 saturated carbocycles. The van der Waals surface area contributed by atoms with Crippen molar-refractivity contribution in [1.29, 1.82) is 0 Å². The summed E-state index contributed by atoms with van der Waals surface area (Å²) in [7, 11) is 1.54. The quantitative estimate of drug-likeness (QED) is 0.641. The lowest BCUT2D eigenvalue weighted by Crippen LogP contribution is -1.89. The highest BCUT2D eigenvalue weighted by Gasteiger charge is 1.99. The molecule has 0 spiro atoms. The van der Waals surface area contributed by atoms with Gasteiger partial charge in [0.15, 0.2) is 0 Å². The molecule has 0 saturated heterocycles. The fourth-order valence-electron chi connectivity index (χ4n) is 1.13. The third-order valence-electron chi connectivity index (χ3n) is 1.78. The maximum atomic E-state index is 7.29. The van der Waals surface area contributed by atoms with Gasteiger partial charge >= 0.3 is 0 Å². The topological polar surface area (TPSA) is 27.1 Å². The molecule has 62 valence electrons. The van der Waals surface area contributed by atoms with Crippen molar-refractivity contribution in [2.45, 2.75) is 0 Å². The minimum Gasteiger partial charge on any atom is -0.497 e. The highest BCUT2D eigenvalue weighted by Crippen LogP contribution is 2.19. The van der Waals surface area contributed by atoms with Gasteiger partial charge in [-0.1, -0.05) is 0 Å². The molecule has 0 aliphatic carbocycles. The van der Waals surface area contributed by atoms with Gasteiger partial charge in [0.1, 0.15) is 5.75 Å². The first kappa shape index (κ1) is 4.50. The fraction of sp³-hybridized carbons (Fsp3) is 0.222. The van der Waals surface area contributed by atoms with Crippen molar-refractivity contribution in [2.75, 3.05) is 7.11 Å². The molecule has 1 aromatic heterocycles. The molecule has 0 aliphatic rings. The molecule has 2 rings (SSSR count). The van der Waals surface area contributed by atoms with Crippen molar-refractivity contribution >= 4 is 10.9 Å². The standard InChI is InChI=1S/C9H10N2O/c1-11-9-5-8(12-2)4-3-7(9)6-10-11/h3-6H,1-2H3/i1D3. The zero-order valence-corrected chi connectivity index (χ0v) is 6.61. The van der Waals surface area contributed by atoms with E-state index in [1.54, 1.807) is 18.2 Å². The highest BCUT2D eigenvalue weighted by molar-refractivity contribution is 5.79. The molecule has 0 N–H and O–H groups in total. The van der Waals surface area contributed by atoms with Crippen LogP contribution in [0.15, 0.2) is 24.4 Å². The van der Waals surface area contributed by atoms with Crippen LogP contribution < -0.4 is 4.74 Å². The van der Waals surface area contributed by atoms with Gasteiger partial charge in [-0.15, -0.1) is 0 Å². The van der Waals surface area contributed by atoms with Crippen LogP contribution in [0.1, 0.15) is 4.11 Å². The number of hydrogen-bond acceptors (Lipinski definition) is 2. The van der Waals surface area contributed by atoms with Crippen molar-refractivity contribution in [3.05, 3.63) is 24.4 Å². The molecule has 0 aliphatic heterocycles. The first-order chi connectivity index (χ1) is 7.02. The summed E-state index contributed by atoms with van der Waals surface area (Å²) in [6.07, 6.45) is 1.53. The van der Waals surface area contributed by atoms with Gasteiger partial charge in [-0.25, -0.2) is 0 Å². The predicted molar refractivity (Wildman–Crippen MR) is 47.3 cm³/mol. The van der Waals surface area contributed by atoms with Gasteiger partial charge < -0.3 is 4.74 Å². The SMILES string of the molecule is [2H]C([2H])([2H])n1ncc2ccc(OC)cc21. The smallest absolute Gasteiger partial charge is 0.121 e. The Bertz CT molecular complexity index is 490. The van der Waals surface area contributed by atoms with Crippen LogP contribution in [0.5, 0.6) is 5.75 Å². The predicted octanol–water partition coefficient (Wildman–Crippen LogP) is 1.58. The van der Waals surface area contributed by atoms with E-state index < -0.39 is 6.98 Å². The third-order valence-corrected chi connectivity index (χ3v) is 1.78. The van der Waals surface area contributed by atoms with Gasteiger partial charge in [0.2, 0.25) is 0 Å². The molecule has 2 aromatic rings. The molecule has 0 unspecified atom stereocenters. The number of rotatable bonds is 1. The Labute approximate surface area is 74.8 Å². The first-order valence-corrected chi connectivity index (χ1v) is 3.54. The number of methoxy groups -OCH3 is 1. The van der Waals surface area contributed by atoms with Crippen LogP contribution in [0, 0.1) is 0 Å². The normalized spacial score (nSPS) is 15.2. The summed E-state index contributed by atoms with van der Waals surface area (Å²) in [5, 5.41) is 4.62. The van der Waals surface area contributed by atoms with Gasteiger partial charge in [-0.05, 0) is 12.1 Å². The lowest BCUT2D eigenvalue weighted by Gasteiger charge is -1.99. The maximum absolute atomic E-state index is 7.29. The third kappa shape index (κ3) is 0.942. The van der Waals surface area contributed by atoms with E-state index in [0.29, 0.717) is 11.3 Å². The lowest BCUT2D eigenvalue weighted by molar-refractivity contribution is 0.415. The Kier molecular flexibility index (Phi) is 0.943. The van der Waals surface area contributed by atoms with Gasteiger partial charge in [0, 0.05) is 22.5 Å². The molecular formula is C9H10N2O. The van der Waals surface area contributed by atoms with Crippen molar-refractivity contribution in [1.82, 2.24) is 9.78 Å². The second-order valence-electron chi connectivity index (χ2n) is 2.48. The van der Waals surface area contributed by atoms with Crippen LogP contribution in [0.3, 0.4) is 0 Å². The summed E-state index contributed by atoms with van der Waals surface area (Å²) in [6, 6.07) is 5.21. The number of ether oxygens (including phenoxy) is 1. The molecular weight excluding hydrogens is 152 g/mol. The molecule has 0 amide bonds. The summed E-state index contributed by atoms with van der Waals surface area (Å²) in [6.45, 7) is -2.26. The van der Waals surface area contributed by atoms with Crippen molar-refractivity contribution in [3.8, 4) is 5.75 Å². The van der Waals surface area contributed by atoms with E-state index in [1.807, 2.05) is 0 Å². The molecule has 0 atom stereocenters. The van der Waals surface area contributed by atoms with E-state index in [9.17, 15) is 0 Å². The molecule has 0 bridgehead atoms. The minimum absolute atomic E-state index is 0.550. The summed E-state index contributed by atoms with van der Waals surface area (Å²) < 4.78 is 27.9. The molecule has 0 radical (unpaired) electrons. The van der Waals surface area contributed by atoms with Gasteiger partial charge in [-0.3, -0.25) is 4.68 Å². The maximum Gasteiger partial charge on any atom is 0.121 e. The molecule has 12 heavy (non-hydrogen) atoms. The Morgan fingerprint density at radius 2 is 2.50 bits per heavy atom. The Hall–Kier alpha value is -1.51. The molecule has 1 heterocycles. The second-order valence-corrected chi connectivity index (χ2v) is 2.48. The van der Waals surface area contributed by atoms with Crippen LogP contribution in [0.4, 0.5) is 0 Å². The molecule has 0 fully saturated rings. The van der Waals surface area contributed by atoms with E-state index in [4.69, 9.17) is 8.85 Å². The van der Waals surface area contributed by atoms with Crippen LogP contribution in [-0.4, -0.2) is 16.9 Å². The number of benzene rings is 1. The Morgan fingerprint density at radius 1 is 1.58 bits per heavy atom. The zero-order valence-electron chi connectivity index (χ0n) is 9.61. The van der Waals surface area contributed by atoms with Crippen molar-refractivity contribution in [2.24, 2.45) is 6.98 Å². The van der Waals surface area contributed by atoms with E-state index in [2.05, 4.69) is 5.10 Å². The van der Waals surface area contributed by atoms with E-state index in [1.165, 1.54) is 13.3 Å². The largest absolute Gasteiger partial charge is 0.497 e. The van der Waals surface area contributed by atoms with Crippen LogP contribution >= 0.6 is 0 Å². The first-order valence-electron chi connectivity index (χ1n) is 5.04. The van der Waals surface area contributed by atoms with E-state index in [-0.39, 0.29) is 0 Å². The second kappa shape index (κ2) is 2.52. The van der Waals surface area contributed by atoms with E-state index in [0.717, 1.165) is 10.1 Å². The molecule has 3 heteroatoms. The monoisotopic (exact) mass is 165 g/mol. The molecule has 3 nitrogen and oxygen atoms in total. The number of hydrogen-bond donors (Lipinski definition) is 0. The number of aryl methyl sites for hydroxylation is 1. The summed E-state index contributed by atoms with van der Waals surface area (Å²) in [5.74, 6) is 0.619. The van der Waals surface area contributed by atoms with Gasteiger partial charge in [-0.2, -0.15) is 5.10 Å². The zero-order chi connectivity index (χ0) is 11.1. The average molecular weight is 165 g/mol. The fourth-order valence-corrected chi connectivity index (χ4v) is 1.13. The number of nitrogens with zero attached hydrogens (tertiary/aromatic N) is 2. The van der Waals surface area contributed by atoms with Crippen LogP contribution in [-0.2, 0) is 6.98 Å². The van der Waals surface area contributed by atoms with Crippen LogP contribution in [0.25, 0.3) is 10.9 Å². The van der Waals surface area contributed by atoms with Crippen molar-refractivity contribution in [3.63, 3.8) is 0 Å².